The molecule has 0 aliphatic carbocycles. The number of carbonyl (C=O) groups excluding carboxylic acids is 1. The standard InChI is InChI=1S/C24H34N4O2S/c1-6-20(7-2)28-22-9-8-17(24(29)26-18(13-30-5)10-16(3)4)11-21(22)27-23(28)12-19-14-31-15-25-19/h8-9,11,14-16,18,20H,6-7,10,12-13H2,1-5H3,(H,26,29)/t18-/m0/s1. The van der Waals surface area contributed by atoms with Crippen molar-refractivity contribution in [1.82, 2.24) is 19.9 Å². The second-order valence-electron chi connectivity index (χ2n) is 8.48. The number of nitrogens with zero attached hydrogens (tertiary/aromatic N) is 3. The number of carbonyl (C=O) groups is 1. The number of nitrogens with one attached hydrogen (secondary N) is 1. The molecule has 1 aromatic carbocycles. The van der Waals surface area contributed by atoms with Crippen molar-refractivity contribution in [2.75, 3.05) is 13.7 Å². The van der Waals surface area contributed by atoms with Gasteiger partial charge in [0.15, 0.2) is 0 Å². The average Bonchev–Trinajstić information content (AvgIpc) is 3.36. The molecule has 0 fully saturated rings. The molecule has 2 aromatic heterocycles. The van der Waals surface area contributed by atoms with Crippen molar-refractivity contribution in [3.8, 4) is 0 Å². The van der Waals surface area contributed by atoms with Gasteiger partial charge in [-0.25, -0.2) is 9.97 Å². The summed E-state index contributed by atoms with van der Waals surface area (Å²) in [7, 11) is 1.67. The number of thiazole rings is 1. The van der Waals surface area contributed by atoms with E-state index in [-0.39, 0.29) is 11.9 Å². The van der Waals surface area contributed by atoms with Crippen LogP contribution in [0.5, 0.6) is 0 Å². The Morgan fingerprint density at radius 1 is 1.26 bits per heavy atom. The van der Waals surface area contributed by atoms with Gasteiger partial charge in [-0.2, -0.15) is 0 Å². The van der Waals surface area contributed by atoms with Gasteiger partial charge in [0.05, 0.1) is 34.9 Å². The summed E-state index contributed by atoms with van der Waals surface area (Å²) in [6, 6.07) is 6.22. The van der Waals surface area contributed by atoms with Gasteiger partial charge in [-0.1, -0.05) is 27.7 Å². The molecular weight excluding hydrogens is 408 g/mol. The molecule has 7 heteroatoms. The smallest absolute Gasteiger partial charge is 0.251 e. The molecule has 31 heavy (non-hydrogen) atoms. The minimum Gasteiger partial charge on any atom is -0.383 e. The Balaban J connectivity index is 1.93. The Bertz CT molecular complexity index is 977. The number of imidazole rings is 1. The SMILES string of the molecule is CCC(CC)n1c(Cc2cscn2)nc2cc(C(=O)N[C@H](COC)CC(C)C)ccc21. The summed E-state index contributed by atoms with van der Waals surface area (Å²) in [5.74, 6) is 1.40. The second kappa shape index (κ2) is 10.9. The summed E-state index contributed by atoms with van der Waals surface area (Å²) in [6.45, 7) is 9.22. The molecule has 6 nitrogen and oxygen atoms in total. The van der Waals surface area contributed by atoms with Crippen LogP contribution in [0.2, 0.25) is 0 Å². The lowest BCUT2D eigenvalue weighted by molar-refractivity contribution is 0.0884. The highest BCUT2D eigenvalue weighted by molar-refractivity contribution is 7.07. The quantitative estimate of drug-likeness (QED) is 0.441. The number of ether oxygens (including phenoxy) is 1. The summed E-state index contributed by atoms with van der Waals surface area (Å²) in [5.41, 5.74) is 5.45. The van der Waals surface area contributed by atoms with E-state index >= 15 is 0 Å². The lowest BCUT2D eigenvalue weighted by atomic mass is 10.0. The maximum absolute atomic E-state index is 12.9. The van der Waals surface area contributed by atoms with Crippen LogP contribution >= 0.6 is 11.3 Å². The van der Waals surface area contributed by atoms with Crippen LogP contribution in [-0.2, 0) is 11.2 Å². The third-order valence-electron chi connectivity index (χ3n) is 5.61. The Hall–Kier alpha value is -2.25. The number of methoxy groups -OCH3 is 1. The summed E-state index contributed by atoms with van der Waals surface area (Å²) < 4.78 is 7.63. The predicted molar refractivity (Wildman–Crippen MR) is 127 cm³/mol. The molecule has 3 aromatic rings. The van der Waals surface area contributed by atoms with E-state index in [9.17, 15) is 4.79 Å². The van der Waals surface area contributed by atoms with Crippen LogP contribution in [0.4, 0.5) is 0 Å². The molecule has 168 valence electrons. The Kier molecular flexibility index (Phi) is 8.21. The zero-order valence-electron chi connectivity index (χ0n) is 19.2. The van der Waals surface area contributed by atoms with E-state index < -0.39 is 0 Å². The van der Waals surface area contributed by atoms with Crippen molar-refractivity contribution < 1.29 is 9.53 Å². The molecule has 0 aliphatic rings. The fourth-order valence-electron chi connectivity index (χ4n) is 4.17. The van der Waals surface area contributed by atoms with Crippen LogP contribution in [0.15, 0.2) is 29.1 Å². The first-order valence-electron chi connectivity index (χ1n) is 11.1. The van der Waals surface area contributed by atoms with Crippen molar-refractivity contribution in [1.29, 1.82) is 0 Å². The normalized spacial score (nSPS) is 12.7. The van der Waals surface area contributed by atoms with Gasteiger partial charge >= 0.3 is 0 Å². The first-order valence-corrected chi connectivity index (χ1v) is 12.1. The minimum absolute atomic E-state index is 0.00413. The Morgan fingerprint density at radius 2 is 2.03 bits per heavy atom. The molecule has 0 spiro atoms. The topological polar surface area (TPSA) is 69.0 Å². The van der Waals surface area contributed by atoms with E-state index in [0.29, 0.717) is 30.6 Å². The molecule has 0 aliphatic heterocycles. The van der Waals surface area contributed by atoms with Crippen LogP contribution in [0.3, 0.4) is 0 Å². The van der Waals surface area contributed by atoms with E-state index in [2.05, 4.69) is 47.9 Å². The molecule has 1 atom stereocenters. The zero-order valence-corrected chi connectivity index (χ0v) is 20.0. The summed E-state index contributed by atoms with van der Waals surface area (Å²) in [5, 5.41) is 5.20. The number of rotatable bonds is 11. The van der Waals surface area contributed by atoms with Gasteiger partial charge in [-0.15, -0.1) is 11.3 Å². The van der Waals surface area contributed by atoms with E-state index in [1.54, 1.807) is 18.4 Å². The minimum atomic E-state index is -0.0808. The molecule has 0 saturated heterocycles. The van der Waals surface area contributed by atoms with E-state index in [1.807, 2.05) is 23.7 Å². The van der Waals surface area contributed by atoms with Crippen LogP contribution in [-0.4, -0.2) is 40.2 Å². The van der Waals surface area contributed by atoms with Gasteiger partial charge in [0.25, 0.3) is 5.91 Å². The number of aromatic nitrogens is 3. The van der Waals surface area contributed by atoms with Gasteiger partial charge in [0.1, 0.15) is 5.82 Å². The van der Waals surface area contributed by atoms with Crippen LogP contribution in [0.25, 0.3) is 11.0 Å². The number of hydrogen-bond donors (Lipinski definition) is 1. The summed E-state index contributed by atoms with van der Waals surface area (Å²) >= 11 is 1.60. The highest BCUT2D eigenvalue weighted by atomic mass is 32.1. The second-order valence-corrected chi connectivity index (χ2v) is 9.20. The first kappa shape index (κ1) is 23.4. The number of hydrogen-bond acceptors (Lipinski definition) is 5. The molecule has 1 N–H and O–H groups in total. The monoisotopic (exact) mass is 442 g/mol. The molecule has 1 amide bonds. The molecule has 0 bridgehead atoms. The summed E-state index contributed by atoms with van der Waals surface area (Å²) in [4.78, 5) is 22.3. The molecular formula is C24H34N4O2S. The van der Waals surface area contributed by atoms with Gasteiger partial charge in [0.2, 0.25) is 0 Å². The molecule has 0 radical (unpaired) electrons. The lowest BCUT2D eigenvalue weighted by Gasteiger charge is -2.20. The van der Waals surface area contributed by atoms with Crippen LogP contribution < -0.4 is 5.32 Å². The number of amides is 1. The molecule has 2 heterocycles. The maximum Gasteiger partial charge on any atom is 0.251 e. The van der Waals surface area contributed by atoms with Crippen molar-refractivity contribution in [2.45, 2.75) is 65.5 Å². The Morgan fingerprint density at radius 3 is 2.65 bits per heavy atom. The predicted octanol–water partition coefficient (Wildman–Crippen LogP) is 5.24. The van der Waals surface area contributed by atoms with Crippen LogP contribution in [0.1, 0.15) is 74.9 Å². The van der Waals surface area contributed by atoms with Gasteiger partial charge in [0, 0.05) is 30.5 Å². The highest BCUT2D eigenvalue weighted by Crippen LogP contribution is 2.27. The van der Waals surface area contributed by atoms with Gasteiger partial charge in [-0.05, 0) is 43.4 Å². The van der Waals surface area contributed by atoms with Crippen molar-refractivity contribution >= 4 is 28.3 Å². The van der Waals surface area contributed by atoms with Crippen molar-refractivity contribution in [2.24, 2.45) is 5.92 Å². The average molecular weight is 443 g/mol. The van der Waals surface area contributed by atoms with E-state index in [1.165, 1.54) is 0 Å². The number of fused-ring (bicyclic) bond motifs is 1. The van der Waals surface area contributed by atoms with Crippen LogP contribution in [0, 0.1) is 5.92 Å². The van der Waals surface area contributed by atoms with Gasteiger partial charge < -0.3 is 14.6 Å². The Labute approximate surface area is 189 Å². The zero-order chi connectivity index (χ0) is 22.4. The highest BCUT2D eigenvalue weighted by Gasteiger charge is 2.20. The van der Waals surface area contributed by atoms with Crippen molar-refractivity contribution in [3.63, 3.8) is 0 Å². The number of benzene rings is 1. The van der Waals surface area contributed by atoms with E-state index in [4.69, 9.17) is 9.72 Å². The largest absolute Gasteiger partial charge is 0.383 e. The summed E-state index contributed by atoms with van der Waals surface area (Å²) in [6.07, 6.45) is 3.63. The lowest BCUT2D eigenvalue weighted by Crippen LogP contribution is -2.38. The molecule has 0 saturated carbocycles. The fourth-order valence-corrected chi connectivity index (χ4v) is 4.73. The van der Waals surface area contributed by atoms with E-state index in [0.717, 1.165) is 41.8 Å². The maximum atomic E-state index is 12.9. The molecule has 0 unspecified atom stereocenters. The van der Waals surface area contributed by atoms with Gasteiger partial charge in [-0.3, -0.25) is 4.79 Å². The van der Waals surface area contributed by atoms with Crippen molar-refractivity contribution in [3.05, 3.63) is 46.2 Å². The third-order valence-corrected chi connectivity index (χ3v) is 6.25. The first-order chi connectivity index (χ1) is 15.0. The third kappa shape index (κ3) is 5.71. The fraction of sp³-hybridized carbons (Fsp3) is 0.542. The molecule has 3 rings (SSSR count).